The second kappa shape index (κ2) is 12.2. The summed E-state index contributed by atoms with van der Waals surface area (Å²) in [7, 11) is 1.48. The Hall–Kier alpha value is -1.50. The van der Waals surface area contributed by atoms with Gasteiger partial charge >= 0.3 is 5.97 Å². The smallest absolute Gasteiger partial charge is 0.305 e. The predicted octanol–water partition coefficient (Wildman–Crippen LogP) is 0.0269. The summed E-state index contributed by atoms with van der Waals surface area (Å²) in [5, 5.41) is 13.5. The van der Waals surface area contributed by atoms with Crippen LogP contribution in [0.5, 0.6) is 0 Å². The summed E-state index contributed by atoms with van der Waals surface area (Å²) < 4.78 is 4.47. The van der Waals surface area contributed by atoms with Gasteiger partial charge in [0.05, 0.1) is 13.0 Å². The van der Waals surface area contributed by atoms with Gasteiger partial charge in [-0.25, -0.2) is 5.53 Å². The Labute approximate surface area is 69.7 Å². The molecule has 0 aliphatic heterocycles. The van der Waals surface area contributed by atoms with Gasteiger partial charge in [-0.1, -0.05) is 0 Å². The minimum absolute atomic E-state index is 0.0938. The van der Waals surface area contributed by atoms with Crippen molar-refractivity contribution < 1.29 is 14.6 Å². The summed E-state index contributed by atoms with van der Waals surface area (Å²) in [4.78, 5) is 9.68. The number of carboxylic acid groups (broad SMARTS) is 1. The van der Waals surface area contributed by atoms with Gasteiger partial charge in [0.1, 0.15) is 0 Å². The van der Waals surface area contributed by atoms with E-state index in [1.165, 1.54) is 7.11 Å². The van der Waals surface area contributed by atoms with Crippen LogP contribution in [-0.2, 0) is 9.53 Å². The molecule has 0 saturated carbocycles. The van der Waals surface area contributed by atoms with Crippen molar-refractivity contribution in [3.05, 3.63) is 0 Å². The van der Waals surface area contributed by atoms with Gasteiger partial charge in [-0.3, -0.25) is 4.79 Å². The minimum atomic E-state index is -0.818. The third-order valence-electron chi connectivity index (χ3n) is 0.644. The van der Waals surface area contributed by atoms with E-state index in [0.717, 1.165) is 6.34 Å². The normalized spacial score (nSPS) is 8.75. The topological polar surface area (TPSA) is 121 Å². The second-order valence-corrected chi connectivity index (χ2v) is 1.53. The highest BCUT2D eigenvalue weighted by molar-refractivity contribution is 5.66. The van der Waals surface area contributed by atoms with Gasteiger partial charge in [-0.05, 0) is 0 Å². The van der Waals surface area contributed by atoms with E-state index in [-0.39, 0.29) is 6.42 Å². The first-order valence-corrected chi connectivity index (χ1v) is 2.98. The number of carbonyl (C=O) groups is 1. The molecule has 0 amide bonds. The molecule has 0 aromatic heterocycles. The third kappa shape index (κ3) is 23.6. The van der Waals surface area contributed by atoms with Gasteiger partial charge in [-0.15, -0.1) is 5.11 Å². The van der Waals surface area contributed by atoms with E-state index in [0.29, 0.717) is 6.61 Å². The van der Waals surface area contributed by atoms with Crippen LogP contribution in [0, 0.1) is 5.53 Å². The van der Waals surface area contributed by atoms with Crippen molar-refractivity contribution in [2.24, 2.45) is 16.1 Å². The molecule has 0 aliphatic carbocycles. The SMILES string of the molecule is COCCC(=O)O.N=NC=NN. The molecule has 0 saturated heterocycles. The van der Waals surface area contributed by atoms with Crippen LogP contribution in [0.3, 0.4) is 0 Å². The fourth-order valence-corrected chi connectivity index (χ4v) is 0.223. The van der Waals surface area contributed by atoms with Crippen molar-refractivity contribution in [2.45, 2.75) is 6.42 Å². The number of ether oxygens (including phenoxy) is 1. The number of hydrazone groups is 1. The number of nitrogens with two attached hydrogens (primary N) is 1. The highest BCUT2D eigenvalue weighted by Crippen LogP contribution is 1.76. The molecule has 4 N–H and O–H groups in total. The quantitative estimate of drug-likeness (QED) is 0.184. The van der Waals surface area contributed by atoms with Crippen molar-refractivity contribution in [2.75, 3.05) is 13.7 Å². The molecular formula is C5H12N4O3. The van der Waals surface area contributed by atoms with E-state index in [1.807, 2.05) is 0 Å². The number of nitrogens with one attached hydrogen (secondary N) is 1. The lowest BCUT2D eigenvalue weighted by Gasteiger charge is -1.88. The Morgan fingerprint density at radius 2 is 2.42 bits per heavy atom. The maximum Gasteiger partial charge on any atom is 0.305 e. The van der Waals surface area contributed by atoms with Gasteiger partial charge in [0.25, 0.3) is 0 Å². The number of methoxy groups -OCH3 is 1. The van der Waals surface area contributed by atoms with Crippen molar-refractivity contribution >= 4 is 12.3 Å². The fraction of sp³-hybridized carbons (Fsp3) is 0.600. The van der Waals surface area contributed by atoms with Crippen molar-refractivity contribution in [3.8, 4) is 0 Å². The van der Waals surface area contributed by atoms with Gasteiger partial charge in [0, 0.05) is 7.11 Å². The van der Waals surface area contributed by atoms with E-state index in [1.54, 1.807) is 0 Å². The van der Waals surface area contributed by atoms with Gasteiger partial charge < -0.3 is 15.7 Å². The molecular weight excluding hydrogens is 164 g/mol. The van der Waals surface area contributed by atoms with E-state index >= 15 is 0 Å². The summed E-state index contributed by atoms with van der Waals surface area (Å²) in [5.74, 6) is 3.68. The summed E-state index contributed by atoms with van der Waals surface area (Å²) >= 11 is 0. The lowest BCUT2D eigenvalue weighted by Crippen LogP contribution is -1.99. The van der Waals surface area contributed by atoms with Crippen LogP contribution in [0.2, 0.25) is 0 Å². The largest absolute Gasteiger partial charge is 0.481 e. The monoisotopic (exact) mass is 176 g/mol. The lowest BCUT2D eigenvalue weighted by atomic mass is 10.5. The maximum atomic E-state index is 9.68. The number of hydrogen-bond acceptors (Lipinski definition) is 5. The first-order valence-electron chi connectivity index (χ1n) is 2.98. The van der Waals surface area contributed by atoms with Gasteiger partial charge in [-0.2, -0.15) is 5.10 Å². The number of hydrogen-bond donors (Lipinski definition) is 3. The van der Waals surface area contributed by atoms with E-state index < -0.39 is 5.97 Å². The molecule has 7 nitrogen and oxygen atoms in total. The average molecular weight is 176 g/mol. The molecule has 0 aromatic carbocycles. The number of carboxylic acids is 1. The predicted molar refractivity (Wildman–Crippen MR) is 42.0 cm³/mol. The fourth-order valence-electron chi connectivity index (χ4n) is 0.223. The van der Waals surface area contributed by atoms with Crippen LogP contribution in [-0.4, -0.2) is 31.1 Å². The van der Waals surface area contributed by atoms with Crippen molar-refractivity contribution in [1.29, 1.82) is 5.53 Å². The first kappa shape index (κ1) is 13.1. The third-order valence-corrected chi connectivity index (χ3v) is 0.644. The van der Waals surface area contributed by atoms with E-state index in [2.05, 4.69) is 20.8 Å². The molecule has 0 fully saturated rings. The van der Waals surface area contributed by atoms with Crippen LogP contribution in [0.15, 0.2) is 10.2 Å². The molecule has 0 radical (unpaired) electrons. The van der Waals surface area contributed by atoms with Crippen LogP contribution in [0.4, 0.5) is 0 Å². The van der Waals surface area contributed by atoms with Crippen molar-refractivity contribution in [1.82, 2.24) is 0 Å². The number of aliphatic carboxylic acids is 1. The summed E-state index contributed by atoms with van der Waals surface area (Å²) in [5.41, 5.74) is 6.00. The molecule has 12 heavy (non-hydrogen) atoms. The van der Waals surface area contributed by atoms with Crippen LogP contribution >= 0.6 is 0 Å². The molecule has 70 valence electrons. The van der Waals surface area contributed by atoms with Gasteiger partial charge in [0.2, 0.25) is 0 Å². The summed E-state index contributed by atoms with van der Waals surface area (Å²) in [6.07, 6.45) is 1.04. The van der Waals surface area contributed by atoms with E-state index in [9.17, 15) is 4.79 Å². The van der Waals surface area contributed by atoms with Crippen LogP contribution in [0.25, 0.3) is 0 Å². The summed E-state index contributed by atoms with van der Waals surface area (Å²) in [6, 6.07) is 0. The summed E-state index contributed by atoms with van der Waals surface area (Å²) in [6.45, 7) is 0.301. The average Bonchev–Trinajstić information content (AvgIpc) is 2.03. The second-order valence-electron chi connectivity index (χ2n) is 1.53. The highest BCUT2D eigenvalue weighted by Gasteiger charge is 1.91. The Morgan fingerprint density at radius 1 is 1.83 bits per heavy atom. The van der Waals surface area contributed by atoms with E-state index in [4.69, 9.17) is 10.6 Å². The Morgan fingerprint density at radius 3 is 2.50 bits per heavy atom. The zero-order chi connectivity index (χ0) is 9.82. The molecule has 7 heteroatoms. The molecule has 0 aromatic rings. The molecule has 0 atom stereocenters. The first-order chi connectivity index (χ1) is 5.68. The Balaban J connectivity index is 0. The zero-order valence-corrected chi connectivity index (χ0v) is 6.73. The lowest BCUT2D eigenvalue weighted by molar-refractivity contribution is -0.137. The molecule has 0 heterocycles. The standard InChI is InChI=1S/C4H8O3.CH4N4/c1-7-3-2-4(5)6;2-4-1-5-3/h2-3H2,1H3,(H,5,6);1-2H,3H2. The molecule has 0 aliphatic rings. The number of rotatable bonds is 4. The Bertz CT molecular complexity index is 148. The maximum absolute atomic E-state index is 9.68. The molecule has 0 unspecified atom stereocenters. The molecule has 0 spiro atoms. The molecule has 0 bridgehead atoms. The number of nitrogens with zero attached hydrogens (tertiary/aromatic N) is 2. The highest BCUT2D eigenvalue weighted by atomic mass is 16.5. The van der Waals surface area contributed by atoms with Crippen molar-refractivity contribution in [3.63, 3.8) is 0 Å². The Kier molecular flexibility index (Phi) is 13.3. The molecule has 0 rings (SSSR count). The van der Waals surface area contributed by atoms with Crippen LogP contribution < -0.4 is 5.84 Å². The van der Waals surface area contributed by atoms with Crippen LogP contribution in [0.1, 0.15) is 6.42 Å². The van der Waals surface area contributed by atoms with Gasteiger partial charge in [0.15, 0.2) is 6.34 Å². The minimum Gasteiger partial charge on any atom is -0.481 e. The zero-order valence-electron chi connectivity index (χ0n) is 6.73.